The Morgan fingerprint density at radius 3 is 2.56 bits per heavy atom. The lowest BCUT2D eigenvalue weighted by Crippen LogP contribution is -2.45. The van der Waals surface area contributed by atoms with Crippen molar-refractivity contribution in [3.05, 3.63) is 0 Å². The number of ether oxygens (including phenoxy) is 1. The highest BCUT2D eigenvalue weighted by Gasteiger charge is 2.17. The van der Waals surface area contributed by atoms with E-state index in [1.54, 1.807) is 19.0 Å². The molecule has 1 aliphatic rings. The highest BCUT2D eigenvalue weighted by molar-refractivity contribution is 14.0. The number of nitrogens with zero attached hydrogens (tertiary/aromatic N) is 2. The minimum atomic E-state index is 0. The summed E-state index contributed by atoms with van der Waals surface area (Å²) in [7, 11) is 3.50. The third-order valence-electron chi connectivity index (χ3n) is 4.16. The maximum absolute atomic E-state index is 11.8. The van der Waals surface area contributed by atoms with Crippen molar-refractivity contribution in [2.24, 2.45) is 16.3 Å². The second-order valence-electron chi connectivity index (χ2n) is 8.21. The van der Waals surface area contributed by atoms with Gasteiger partial charge in [0.25, 0.3) is 0 Å². The Balaban J connectivity index is 0.00000576. The fourth-order valence-corrected chi connectivity index (χ4v) is 2.38. The number of hydrogen-bond acceptors (Lipinski definition) is 3. The van der Waals surface area contributed by atoms with E-state index in [1.165, 1.54) is 0 Å². The lowest BCUT2D eigenvalue weighted by atomic mass is 9.89. The highest BCUT2D eigenvalue weighted by Crippen LogP contribution is 2.21. The zero-order valence-corrected chi connectivity index (χ0v) is 19.1. The zero-order chi connectivity index (χ0) is 18.2. The molecule has 0 aromatic carbocycles. The summed E-state index contributed by atoms with van der Waals surface area (Å²) < 4.78 is 5.42. The summed E-state index contributed by atoms with van der Waals surface area (Å²) in [6, 6.07) is 0.310. The summed E-state index contributed by atoms with van der Waals surface area (Å²) >= 11 is 0. The summed E-state index contributed by atoms with van der Waals surface area (Å²) in [5, 5.41) is 6.81. The molecule has 0 bridgehead atoms. The van der Waals surface area contributed by atoms with E-state index in [0.717, 1.165) is 45.0 Å². The zero-order valence-electron chi connectivity index (χ0n) is 16.7. The number of carbonyl (C=O) groups excluding carboxylic acids is 1. The summed E-state index contributed by atoms with van der Waals surface area (Å²) in [6.07, 6.45) is 3.29. The fourth-order valence-electron chi connectivity index (χ4n) is 2.38. The number of rotatable bonds is 7. The van der Waals surface area contributed by atoms with Gasteiger partial charge in [-0.25, -0.2) is 4.99 Å². The van der Waals surface area contributed by atoms with Gasteiger partial charge in [0.15, 0.2) is 5.96 Å². The lowest BCUT2D eigenvalue weighted by molar-refractivity contribution is -0.127. The Bertz CT molecular complexity index is 416. The first-order valence-corrected chi connectivity index (χ1v) is 9.00. The van der Waals surface area contributed by atoms with Crippen LogP contribution in [-0.4, -0.2) is 63.2 Å². The van der Waals surface area contributed by atoms with E-state index >= 15 is 0 Å². The SMILES string of the molecule is CC(CCC(C)(C)C)NC(=NCC(=O)N(C)C)NCC1CCOC1.I. The molecular formula is C18H37IN4O2. The molecule has 0 aliphatic carbocycles. The molecule has 1 rings (SSSR count). The number of carbonyl (C=O) groups is 1. The largest absolute Gasteiger partial charge is 0.381 e. The van der Waals surface area contributed by atoms with Crippen molar-refractivity contribution >= 4 is 35.8 Å². The number of likely N-dealkylation sites (N-methyl/N-ethyl adjacent to an activating group) is 1. The first-order chi connectivity index (χ1) is 11.2. The Morgan fingerprint density at radius 1 is 1.36 bits per heavy atom. The summed E-state index contributed by atoms with van der Waals surface area (Å²) in [6.45, 7) is 11.6. The van der Waals surface area contributed by atoms with Crippen LogP contribution in [0.2, 0.25) is 0 Å². The van der Waals surface area contributed by atoms with Gasteiger partial charge in [-0.1, -0.05) is 20.8 Å². The molecule has 1 amide bonds. The molecule has 2 atom stereocenters. The molecule has 6 nitrogen and oxygen atoms in total. The van der Waals surface area contributed by atoms with Crippen LogP contribution in [0.1, 0.15) is 47.0 Å². The number of hydrogen-bond donors (Lipinski definition) is 2. The summed E-state index contributed by atoms with van der Waals surface area (Å²) in [5.41, 5.74) is 0.322. The predicted octanol–water partition coefficient (Wildman–Crippen LogP) is 2.48. The van der Waals surface area contributed by atoms with Crippen LogP contribution in [-0.2, 0) is 9.53 Å². The molecule has 25 heavy (non-hydrogen) atoms. The molecule has 0 radical (unpaired) electrons. The van der Waals surface area contributed by atoms with Gasteiger partial charge in [0.2, 0.25) is 5.91 Å². The third-order valence-corrected chi connectivity index (χ3v) is 4.16. The number of guanidine groups is 1. The molecule has 7 heteroatoms. The van der Waals surface area contributed by atoms with Gasteiger partial charge in [-0.05, 0) is 31.6 Å². The second kappa shape index (κ2) is 11.9. The highest BCUT2D eigenvalue weighted by atomic mass is 127. The molecule has 1 heterocycles. The number of amides is 1. The van der Waals surface area contributed by atoms with Gasteiger partial charge in [-0.2, -0.15) is 0 Å². The molecule has 2 N–H and O–H groups in total. The third kappa shape index (κ3) is 11.6. The van der Waals surface area contributed by atoms with E-state index < -0.39 is 0 Å². The van der Waals surface area contributed by atoms with E-state index in [9.17, 15) is 4.79 Å². The molecule has 0 aromatic heterocycles. The van der Waals surface area contributed by atoms with Gasteiger partial charge in [0.05, 0.1) is 6.61 Å². The molecule has 1 aliphatic heterocycles. The fraction of sp³-hybridized carbons (Fsp3) is 0.889. The van der Waals surface area contributed by atoms with Crippen LogP contribution in [0.25, 0.3) is 0 Å². The standard InChI is InChI=1S/C18H36N4O2.HI/c1-14(7-9-18(2,3)4)21-17(20-12-16(23)22(5)6)19-11-15-8-10-24-13-15;/h14-15H,7-13H2,1-6H3,(H2,19,20,21);1H. The van der Waals surface area contributed by atoms with Crippen LogP contribution in [0.5, 0.6) is 0 Å². The van der Waals surface area contributed by atoms with E-state index in [-0.39, 0.29) is 36.4 Å². The van der Waals surface area contributed by atoms with Crippen molar-refractivity contribution in [3.63, 3.8) is 0 Å². The van der Waals surface area contributed by atoms with E-state index in [2.05, 4.69) is 43.3 Å². The maximum Gasteiger partial charge on any atom is 0.243 e. The summed E-state index contributed by atoms with van der Waals surface area (Å²) in [4.78, 5) is 17.8. The molecular weight excluding hydrogens is 431 g/mol. The Hall–Kier alpha value is -0.570. The first-order valence-electron chi connectivity index (χ1n) is 9.00. The Labute approximate surface area is 170 Å². The average Bonchev–Trinajstić information content (AvgIpc) is 3.00. The van der Waals surface area contributed by atoms with E-state index in [0.29, 0.717) is 17.4 Å². The molecule has 0 spiro atoms. The first kappa shape index (κ1) is 24.4. The van der Waals surface area contributed by atoms with Crippen LogP contribution in [0.4, 0.5) is 0 Å². The van der Waals surface area contributed by atoms with Crippen molar-refractivity contribution in [1.29, 1.82) is 0 Å². The molecule has 0 aromatic rings. The smallest absolute Gasteiger partial charge is 0.243 e. The second-order valence-corrected chi connectivity index (χ2v) is 8.21. The maximum atomic E-state index is 11.8. The minimum absolute atomic E-state index is 0. The molecule has 1 saturated heterocycles. The topological polar surface area (TPSA) is 66.0 Å². The Kier molecular flexibility index (Phi) is 11.7. The van der Waals surface area contributed by atoms with Crippen molar-refractivity contribution in [2.75, 3.05) is 40.4 Å². The van der Waals surface area contributed by atoms with Gasteiger partial charge in [-0.15, -0.1) is 24.0 Å². The molecule has 1 fully saturated rings. The van der Waals surface area contributed by atoms with Gasteiger partial charge in [0.1, 0.15) is 6.54 Å². The Morgan fingerprint density at radius 2 is 2.04 bits per heavy atom. The average molecular weight is 468 g/mol. The van der Waals surface area contributed by atoms with Gasteiger partial charge in [-0.3, -0.25) is 4.79 Å². The predicted molar refractivity (Wildman–Crippen MR) is 115 cm³/mol. The molecule has 0 saturated carbocycles. The van der Waals surface area contributed by atoms with Crippen LogP contribution in [0, 0.1) is 11.3 Å². The molecule has 2 unspecified atom stereocenters. The van der Waals surface area contributed by atoms with Crippen molar-refractivity contribution < 1.29 is 9.53 Å². The number of halogens is 1. The lowest BCUT2D eigenvalue weighted by Gasteiger charge is -2.23. The van der Waals surface area contributed by atoms with Gasteiger partial charge in [0, 0.05) is 39.2 Å². The van der Waals surface area contributed by atoms with Crippen molar-refractivity contribution in [3.8, 4) is 0 Å². The monoisotopic (exact) mass is 468 g/mol. The van der Waals surface area contributed by atoms with Crippen LogP contribution >= 0.6 is 24.0 Å². The normalized spacial score (nSPS) is 19.1. The number of nitrogens with one attached hydrogen (secondary N) is 2. The number of aliphatic imine (C=N–C) groups is 1. The van der Waals surface area contributed by atoms with Crippen LogP contribution in [0.3, 0.4) is 0 Å². The van der Waals surface area contributed by atoms with Gasteiger partial charge >= 0.3 is 0 Å². The van der Waals surface area contributed by atoms with Crippen molar-refractivity contribution in [2.45, 2.75) is 53.0 Å². The van der Waals surface area contributed by atoms with Gasteiger partial charge < -0.3 is 20.3 Å². The van der Waals surface area contributed by atoms with E-state index in [1.807, 2.05) is 0 Å². The minimum Gasteiger partial charge on any atom is -0.381 e. The van der Waals surface area contributed by atoms with E-state index in [4.69, 9.17) is 4.74 Å². The van der Waals surface area contributed by atoms with Crippen LogP contribution in [0.15, 0.2) is 4.99 Å². The molecule has 148 valence electrons. The van der Waals surface area contributed by atoms with Crippen LogP contribution < -0.4 is 10.6 Å². The quantitative estimate of drug-likeness (QED) is 0.342. The van der Waals surface area contributed by atoms with Crippen molar-refractivity contribution in [1.82, 2.24) is 15.5 Å². The summed E-state index contributed by atoms with van der Waals surface area (Å²) in [5.74, 6) is 1.24.